The van der Waals surface area contributed by atoms with Gasteiger partial charge in [0.2, 0.25) is 5.88 Å². The molecule has 1 aliphatic rings. The van der Waals surface area contributed by atoms with Crippen molar-refractivity contribution in [3.8, 4) is 6.07 Å². The first-order chi connectivity index (χ1) is 10.5. The monoisotopic (exact) mass is 298 g/mol. The van der Waals surface area contributed by atoms with Crippen LogP contribution in [0.5, 0.6) is 0 Å². The van der Waals surface area contributed by atoms with E-state index in [4.69, 9.17) is 15.2 Å². The Morgan fingerprint density at radius 1 is 1.36 bits per heavy atom. The minimum absolute atomic E-state index is 0.0265. The highest BCUT2D eigenvalue weighted by molar-refractivity contribution is 5.92. The van der Waals surface area contributed by atoms with Crippen LogP contribution < -0.4 is 5.73 Å². The van der Waals surface area contributed by atoms with Crippen LogP contribution in [0.3, 0.4) is 0 Å². The van der Waals surface area contributed by atoms with Gasteiger partial charge in [0.15, 0.2) is 0 Å². The van der Waals surface area contributed by atoms with Crippen LogP contribution in [0.4, 0.5) is 0 Å². The predicted molar refractivity (Wildman–Crippen MR) is 81.2 cm³/mol. The smallest absolute Gasteiger partial charge is 0.338 e. The van der Waals surface area contributed by atoms with Gasteiger partial charge in [0, 0.05) is 0 Å². The second kappa shape index (κ2) is 6.35. The topological polar surface area (TPSA) is 85.3 Å². The van der Waals surface area contributed by atoms with Crippen LogP contribution in [-0.4, -0.2) is 12.6 Å². The van der Waals surface area contributed by atoms with E-state index < -0.39 is 11.9 Å². The lowest BCUT2D eigenvalue weighted by atomic mass is 9.83. The maximum atomic E-state index is 12.3. The zero-order chi connectivity index (χ0) is 16.3. The maximum Gasteiger partial charge on any atom is 0.338 e. The Morgan fingerprint density at radius 3 is 2.55 bits per heavy atom. The molecule has 2 N–H and O–H groups in total. The van der Waals surface area contributed by atoms with E-state index >= 15 is 0 Å². The van der Waals surface area contributed by atoms with Gasteiger partial charge in [-0.15, -0.1) is 0 Å². The fourth-order valence-electron chi connectivity index (χ4n) is 2.45. The molecule has 0 amide bonds. The molecular formula is C17H18N2O3. The van der Waals surface area contributed by atoms with Crippen molar-refractivity contribution in [3.63, 3.8) is 0 Å². The summed E-state index contributed by atoms with van der Waals surface area (Å²) >= 11 is 0. The van der Waals surface area contributed by atoms with Gasteiger partial charge in [0.1, 0.15) is 17.4 Å². The van der Waals surface area contributed by atoms with Gasteiger partial charge in [0.05, 0.1) is 18.1 Å². The number of ether oxygens (including phenoxy) is 2. The third kappa shape index (κ3) is 2.82. The van der Waals surface area contributed by atoms with Crippen molar-refractivity contribution in [2.24, 2.45) is 5.73 Å². The fourth-order valence-corrected chi connectivity index (χ4v) is 2.45. The van der Waals surface area contributed by atoms with Crippen molar-refractivity contribution in [3.05, 3.63) is 58.2 Å². The first-order valence-electron chi connectivity index (χ1n) is 7.01. The van der Waals surface area contributed by atoms with Crippen LogP contribution in [0.1, 0.15) is 30.9 Å². The quantitative estimate of drug-likeness (QED) is 0.867. The maximum absolute atomic E-state index is 12.3. The van der Waals surface area contributed by atoms with Crippen molar-refractivity contribution in [2.45, 2.75) is 26.7 Å². The number of nitrogens with zero attached hydrogens (tertiary/aromatic N) is 1. The van der Waals surface area contributed by atoms with E-state index in [0.29, 0.717) is 11.3 Å². The summed E-state index contributed by atoms with van der Waals surface area (Å²) in [5.74, 6) is -0.677. The molecule has 0 aliphatic carbocycles. The Hall–Kier alpha value is -2.74. The molecule has 0 saturated heterocycles. The summed E-state index contributed by atoms with van der Waals surface area (Å²) in [6.45, 7) is 5.59. The average molecular weight is 298 g/mol. The number of aryl methyl sites for hydroxylation is 1. The van der Waals surface area contributed by atoms with Gasteiger partial charge in [-0.25, -0.2) is 4.79 Å². The third-order valence-corrected chi connectivity index (χ3v) is 3.51. The number of nitrogens with two attached hydrogens (primary N) is 1. The predicted octanol–water partition coefficient (Wildman–Crippen LogP) is 2.64. The Bertz CT molecular complexity index is 694. The van der Waals surface area contributed by atoms with E-state index in [0.717, 1.165) is 11.1 Å². The summed E-state index contributed by atoms with van der Waals surface area (Å²) in [6, 6.07) is 9.66. The minimum atomic E-state index is -0.571. The highest BCUT2D eigenvalue weighted by Crippen LogP contribution is 2.39. The van der Waals surface area contributed by atoms with Crippen LogP contribution in [-0.2, 0) is 14.3 Å². The second-order valence-electron chi connectivity index (χ2n) is 5.03. The molecule has 1 unspecified atom stereocenters. The highest BCUT2D eigenvalue weighted by Gasteiger charge is 2.36. The van der Waals surface area contributed by atoms with Crippen molar-refractivity contribution in [1.82, 2.24) is 0 Å². The number of hydrogen-bond acceptors (Lipinski definition) is 5. The van der Waals surface area contributed by atoms with Gasteiger partial charge >= 0.3 is 5.97 Å². The van der Waals surface area contributed by atoms with Gasteiger partial charge < -0.3 is 15.2 Å². The molecule has 1 aliphatic heterocycles. The first-order valence-corrected chi connectivity index (χ1v) is 7.01. The molecule has 2 rings (SSSR count). The van der Waals surface area contributed by atoms with Gasteiger partial charge in [-0.1, -0.05) is 29.8 Å². The van der Waals surface area contributed by atoms with Crippen LogP contribution >= 0.6 is 0 Å². The number of carbonyl (C=O) groups is 1. The standard InChI is InChI=1S/C17H18N2O3/c1-4-21-17(20)14-11(3)22-16(19)13(9-18)15(14)12-7-5-10(2)6-8-12/h5-8,15H,4,19H2,1-3H3. The van der Waals surface area contributed by atoms with E-state index in [-0.39, 0.29) is 18.1 Å². The number of esters is 1. The number of benzene rings is 1. The van der Waals surface area contributed by atoms with Crippen molar-refractivity contribution in [2.75, 3.05) is 6.61 Å². The lowest BCUT2D eigenvalue weighted by Gasteiger charge is -2.26. The Morgan fingerprint density at radius 2 is 2.00 bits per heavy atom. The zero-order valence-electron chi connectivity index (χ0n) is 12.8. The zero-order valence-corrected chi connectivity index (χ0v) is 12.8. The molecule has 0 aromatic heterocycles. The van der Waals surface area contributed by atoms with E-state index in [2.05, 4.69) is 6.07 Å². The van der Waals surface area contributed by atoms with Crippen LogP contribution in [0.25, 0.3) is 0 Å². The average Bonchev–Trinajstić information content (AvgIpc) is 2.47. The molecule has 0 radical (unpaired) electrons. The molecule has 0 fully saturated rings. The van der Waals surface area contributed by atoms with Gasteiger partial charge in [-0.3, -0.25) is 0 Å². The van der Waals surface area contributed by atoms with Crippen molar-refractivity contribution < 1.29 is 14.3 Å². The largest absolute Gasteiger partial charge is 0.463 e. The second-order valence-corrected chi connectivity index (χ2v) is 5.03. The minimum Gasteiger partial charge on any atom is -0.463 e. The number of carbonyl (C=O) groups excluding carboxylic acids is 1. The third-order valence-electron chi connectivity index (χ3n) is 3.51. The lowest BCUT2D eigenvalue weighted by molar-refractivity contribution is -0.139. The summed E-state index contributed by atoms with van der Waals surface area (Å²) in [5, 5.41) is 9.42. The molecule has 1 aromatic carbocycles. The summed E-state index contributed by atoms with van der Waals surface area (Å²) in [6.07, 6.45) is 0. The van der Waals surface area contributed by atoms with Crippen LogP contribution in [0.15, 0.2) is 47.1 Å². The van der Waals surface area contributed by atoms with Crippen LogP contribution in [0, 0.1) is 18.3 Å². The normalized spacial score (nSPS) is 17.8. The lowest BCUT2D eigenvalue weighted by Crippen LogP contribution is -2.25. The molecular weight excluding hydrogens is 280 g/mol. The van der Waals surface area contributed by atoms with E-state index in [9.17, 15) is 10.1 Å². The molecule has 5 nitrogen and oxygen atoms in total. The van der Waals surface area contributed by atoms with E-state index in [1.165, 1.54) is 0 Å². The van der Waals surface area contributed by atoms with E-state index in [1.807, 2.05) is 31.2 Å². The fraction of sp³-hybridized carbons (Fsp3) is 0.294. The number of hydrogen-bond donors (Lipinski definition) is 1. The molecule has 0 bridgehead atoms. The first kappa shape index (κ1) is 15.6. The Kier molecular flexibility index (Phi) is 4.52. The van der Waals surface area contributed by atoms with Crippen LogP contribution in [0.2, 0.25) is 0 Å². The number of allylic oxidation sites excluding steroid dienone is 2. The SMILES string of the molecule is CCOC(=O)C1=C(C)OC(N)=C(C#N)C1c1ccc(C)cc1. The number of rotatable bonds is 3. The molecule has 1 heterocycles. The molecule has 22 heavy (non-hydrogen) atoms. The number of nitriles is 1. The molecule has 1 aromatic rings. The van der Waals surface area contributed by atoms with E-state index in [1.54, 1.807) is 13.8 Å². The molecule has 0 saturated carbocycles. The van der Waals surface area contributed by atoms with Crippen molar-refractivity contribution >= 4 is 5.97 Å². The summed E-state index contributed by atoms with van der Waals surface area (Å²) in [7, 11) is 0. The molecule has 1 atom stereocenters. The molecule has 0 spiro atoms. The molecule has 114 valence electrons. The summed E-state index contributed by atoms with van der Waals surface area (Å²) in [5.41, 5.74) is 8.25. The van der Waals surface area contributed by atoms with Gasteiger partial charge in [-0.05, 0) is 26.3 Å². The van der Waals surface area contributed by atoms with Crippen molar-refractivity contribution in [1.29, 1.82) is 5.26 Å². The van der Waals surface area contributed by atoms with Gasteiger partial charge in [0.25, 0.3) is 0 Å². The summed E-state index contributed by atoms with van der Waals surface area (Å²) in [4.78, 5) is 12.3. The highest BCUT2D eigenvalue weighted by atomic mass is 16.5. The van der Waals surface area contributed by atoms with Gasteiger partial charge in [-0.2, -0.15) is 5.26 Å². The Balaban J connectivity index is 2.59. The Labute approximate surface area is 129 Å². The summed E-state index contributed by atoms with van der Waals surface area (Å²) < 4.78 is 10.5. The molecule has 5 heteroatoms.